The van der Waals surface area contributed by atoms with E-state index in [9.17, 15) is 4.79 Å². The van der Waals surface area contributed by atoms with Crippen LogP contribution in [-0.4, -0.2) is 25.7 Å². The van der Waals surface area contributed by atoms with E-state index in [1.807, 2.05) is 42.8 Å². The lowest BCUT2D eigenvalue weighted by atomic mass is 10.1. The van der Waals surface area contributed by atoms with Gasteiger partial charge in [-0.3, -0.25) is 9.48 Å². The summed E-state index contributed by atoms with van der Waals surface area (Å²) >= 11 is 0. The van der Waals surface area contributed by atoms with Crippen LogP contribution in [0.5, 0.6) is 0 Å². The van der Waals surface area contributed by atoms with E-state index >= 15 is 0 Å². The van der Waals surface area contributed by atoms with Crippen molar-refractivity contribution < 1.29 is 4.79 Å². The van der Waals surface area contributed by atoms with Crippen molar-refractivity contribution in [2.45, 2.75) is 52.6 Å². The molecule has 6 heteroatoms. The Balaban J connectivity index is 1.83. The quantitative estimate of drug-likeness (QED) is 0.763. The summed E-state index contributed by atoms with van der Waals surface area (Å²) in [5.74, 6) is 0.621. The topological polar surface area (TPSA) is 75.6 Å². The highest BCUT2D eigenvalue weighted by atomic mass is 16.1. The summed E-state index contributed by atoms with van der Waals surface area (Å²) in [5.41, 5.74) is 3.28. The highest BCUT2D eigenvalue weighted by Gasteiger charge is 2.24. The Morgan fingerprint density at radius 2 is 2.04 bits per heavy atom. The maximum Gasteiger partial charge on any atom is 0.255 e. The van der Waals surface area contributed by atoms with Crippen molar-refractivity contribution in [1.82, 2.24) is 25.1 Å². The van der Waals surface area contributed by atoms with Gasteiger partial charge in [0.1, 0.15) is 5.82 Å². The first-order valence-electron chi connectivity index (χ1n) is 8.64. The van der Waals surface area contributed by atoms with Crippen molar-refractivity contribution in [1.29, 1.82) is 0 Å². The molecule has 6 nitrogen and oxygen atoms in total. The molecule has 3 rings (SSSR count). The summed E-state index contributed by atoms with van der Waals surface area (Å²) in [6.45, 7) is 10.2. The van der Waals surface area contributed by atoms with Gasteiger partial charge in [0.15, 0.2) is 0 Å². The van der Waals surface area contributed by atoms with Gasteiger partial charge in [-0.2, -0.15) is 5.10 Å². The highest BCUT2D eigenvalue weighted by Crippen LogP contribution is 2.21. The van der Waals surface area contributed by atoms with E-state index in [0.29, 0.717) is 5.56 Å². The van der Waals surface area contributed by atoms with Gasteiger partial charge >= 0.3 is 0 Å². The zero-order valence-electron chi connectivity index (χ0n) is 15.4. The number of aromatic amines is 1. The van der Waals surface area contributed by atoms with Gasteiger partial charge in [-0.05, 0) is 46.2 Å². The fourth-order valence-corrected chi connectivity index (χ4v) is 3.00. The van der Waals surface area contributed by atoms with E-state index in [1.54, 1.807) is 6.20 Å². The van der Waals surface area contributed by atoms with E-state index < -0.39 is 0 Å². The number of imidazole rings is 1. The van der Waals surface area contributed by atoms with Crippen molar-refractivity contribution in [3.63, 3.8) is 0 Å². The third-order valence-corrected chi connectivity index (χ3v) is 4.25. The Morgan fingerprint density at radius 3 is 2.68 bits per heavy atom. The third kappa shape index (κ3) is 3.29. The van der Waals surface area contributed by atoms with Crippen LogP contribution in [0.3, 0.4) is 0 Å². The second-order valence-corrected chi connectivity index (χ2v) is 7.28. The number of carbonyl (C=O) groups is 1. The molecule has 132 valence electrons. The van der Waals surface area contributed by atoms with Crippen LogP contribution in [-0.2, 0) is 12.0 Å². The molecule has 0 aliphatic rings. The number of nitrogens with zero attached hydrogens (tertiary/aromatic N) is 3. The number of para-hydroxylation sites is 2. The molecular formula is C19H25N5O. The summed E-state index contributed by atoms with van der Waals surface area (Å²) in [7, 11) is 0. The molecule has 25 heavy (non-hydrogen) atoms. The monoisotopic (exact) mass is 339 g/mol. The smallest absolute Gasteiger partial charge is 0.255 e. The van der Waals surface area contributed by atoms with Crippen molar-refractivity contribution in [2.75, 3.05) is 0 Å². The molecule has 0 aliphatic heterocycles. The Morgan fingerprint density at radius 1 is 1.32 bits per heavy atom. The fraction of sp³-hybridized carbons (Fsp3) is 0.421. The molecule has 1 unspecified atom stereocenters. The minimum atomic E-state index is -0.220. The van der Waals surface area contributed by atoms with Crippen LogP contribution < -0.4 is 5.32 Å². The minimum absolute atomic E-state index is 0.125. The lowest BCUT2D eigenvalue weighted by Crippen LogP contribution is -2.29. The zero-order chi connectivity index (χ0) is 18.2. The summed E-state index contributed by atoms with van der Waals surface area (Å²) in [6, 6.07) is 7.62. The van der Waals surface area contributed by atoms with Gasteiger partial charge in [0.05, 0.1) is 40.1 Å². The predicted octanol–water partition coefficient (Wildman–Crippen LogP) is 3.57. The molecule has 2 N–H and O–H groups in total. The Kier molecular flexibility index (Phi) is 4.37. The number of hydrogen-bond donors (Lipinski definition) is 2. The second-order valence-electron chi connectivity index (χ2n) is 7.28. The van der Waals surface area contributed by atoms with Crippen LogP contribution in [0.2, 0.25) is 0 Å². The summed E-state index contributed by atoms with van der Waals surface area (Å²) in [5, 5.41) is 7.45. The molecule has 0 fully saturated rings. The second kappa shape index (κ2) is 6.35. The van der Waals surface area contributed by atoms with Gasteiger partial charge in [-0.25, -0.2) is 4.98 Å². The van der Waals surface area contributed by atoms with Crippen molar-refractivity contribution in [2.24, 2.45) is 0 Å². The standard InChI is InChI=1S/C19H25N5O/c1-6-16-13(11-20-24(16)19(3,4)5)18(25)21-12(2)17-22-14-9-7-8-10-15(14)23-17/h7-12H,6H2,1-5H3,(H,21,25)(H,22,23). The van der Waals surface area contributed by atoms with E-state index in [-0.39, 0.29) is 17.5 Å². The number of aromatic nitrogens is 4. The lowest BCUT2D eigenvalue weighted by Gasteiger charge is -2.22. The number of fused-ring (bicyclic) bond motifs is 1. The highest BCUT2D eigenvalue weighted by molar-refractivity contribution is 5.95. The zero-order valence-corrected chi connectivity index (χ0v) is 15.4. The number of hydrogen-bond acceptors (Lipinski definition) is 3. The molecular weight excluding hydrogens is 314 g/mol. The van der Waals surface area contributed by atoms with E-state index in [1.165, 1.54) is 0 Å². The van der Waals surface area contributed by atoms with Crippen LogP contribution in [0.4, 0.5) is 0 Å². The molecule has 1 amide bonds. The minimum Gasteiger partial charge on any atom is -0.342 e. The van der Waals surface area contributed by atoms with Crippen LogP contribution in [0, 0.1) is 0 Å². The van der Waals surface area contributed by atoms with Crippen molar-refractivity contribution >= 4 is 16.9 Å². The molecule has 0 aliphatic carbocycles. The first-order chi connectivity index (χ1) is 11.8. The summed E-state index contributed by atoms with van der Waals surface area (Å²) in [4.78, 5) is 20.6. The number of nitrogens with one attached hydrogen (secondary N) is 2. The average Bonchev–Trinajstić information content (AvgIpc) is 3.18. The summed E-state index contributed by atoms with van der Waals surface area (Å²) < 4.78 is 1.92. The fourth-order valence-electron chi connectivity index (χ4n) is 3.00. The van der Waals surface area contributed by atoms with Gasteiger partial charge in [-0.1, -0.05) is 19.1 Å². The predicted molar refractivity (Wildman–Crippen MR) is 98.6 cm³/mol. The van der Waals surface area contributed by atoms with Crippen LogP contribution in [0.25, 0.3) is 11.0 Å². The SMILES string of the molecule is CCc1c(C(=O)NC(C)c2nc3ccccc3[nH]2)cnn1C(C)(C)C. The molecule has 0 saturated heterocycles. The van der Waals surface area contributed by atoms with Gasteiger partial charge < -0.3 is 10.3 Å². The van der Waals surface area contributed by atoms with E-state index in [4.69, 9.17) is 0 Å². The largest absolute Gasteiger partial charge is 0.342 e. The van der Waals surface area contributed by atoms with Crippen molar-refractivity contribution in [3.05, 3.63) is 47.5 Å². The first kappa shape index (κ1) is 17.2. The Bertz CT molecular complexity index is 867. The molecule has 1 atom stereocenters. The average molecular weight is 339 g/mol. The number of rotatable bonds is 4. The van der Waals surface area contributed by atoms with E-state index in [2.05, 4.69) is 41.2 Å². The molecule has 1 aromatic carbocycles. The number of H-pyrrole nitrogens is 1. The lowest BCUT2D eigenvalue weighted by molar-refractivity contribution is 0.0937. The van der Waals surface area contributed by atoms with Crippen LogP contribution in [0.15, 0.2) is 30.5 Å². The van der Waals surface area contributed by atoms with Gasteiger partial charge in [0, 0.05) is 0 Å². The van der Waals surface area contributed by atoms with E-state index in [0.717, 1.165) is 29.0 Å². The summed E-state index contributed by atoms with van der Waals surface area (Å²) in [6.07, 6.45) is 2.41. The van der Waals surface area contributed by atoms with Crippen molar-refractivity contribution in [3.8, 4) is 0 Å². The molecule has 3 aromatic rings. The molecule has 0 radical (unpaired) electrons. The van der Waals surface area contributed by atoms with Gasteiger partial charge in [0.2, 0.25) is 0 Å². The number of carbonyl (C=O) groups excluding carboxylic acids is 1. The molecule has 2 heterocycles. The molecule has 0 saturated carbocycles. The maximum atomic E-state index is 12.8. The Hall–Kier alpha value is -2.63. The van der Waals surface area contributed by atoms with Gasteiger partial charge in [0.25, 0.3) is 5.91 Å². The van der Waals surface area contributed by atoms with Crippen LogP contribution >= 0.6 is 0 Å². The molecule has 0 bridgehead atoms. The first-order valence-corrected chi connectivity index (χ1v) is 8.64. The molecule has 2 aromatic heterocycles. The van der Waals surface area contributed by atoms with Gasteiger partial charge in [-0.15, -0.1) is 0 Å². The molecule has 0 spiro atoms. The maximum absolute atomic E-state index is 12.8. The Labute approximate surface area is 147 Å². The number of benzene rings is 1. The normalized spacial score (nSPS) is 13.2. The number of amides is 1. The third-order valence-electron chi connectivity index (χ3n) is 4.25. The van der Waals surface area contributed by atoms with Crippen LogP contribution in [0.1, 0.15) is 62.5 Å².